The number of hydrogen-bond acceptors (Lipinski definition) is 5. The van der Waals surface area contributed by atoms with E-state index >= 15 is 0 Å². The molecule has 1 atom stereocenters. The molecule has 1 aliphatic heterocycles. The van der Waals surface area contributed by atoms with Crippen LogP contribution in [0.5, 0.6) is 5.88 Å². The van der Waals surface area contributed by atoms with E-state index in [2.05, 4.69) is 9.98 Å². The number of allylic oxidation sites excluding steroid dienone is 1. The lowest BCUT2D eigenvalue weighted by Crippen LogP contribution is -2.28. The summed E-state index contributed by atoms with van der Waals surface area (Å²) in [6.07, 6.45) is 3.10. The molecule has 1 aromatic heterocycles. The van der Waals surface area contributed by atoms with E-state index in [-0.39, 0.29) is 11.3 Å². The van der Waals surface area contributed by atoms with Crippen molar-refractivity contribution in [1.29, 1.82) is 5.26 Å². The van der Waals surface area contributed by atoms with E-state index in [0.29, 0.717) is 21.8 Å². The Morgan fingerprint density at radius 3 is 2.65 bits per heavy atom. The molecule has 9 heteroatoms. The zero-order valence-corrected chi connectivity index (χ0v) is 16.9. The molecule has 154 valence electrons. The summed E-state index contributed by atoms with van der Waals surface area (Å²) in [5, 5.41) is 29.9. The maximum Gasteiger partial charge on any atom is 0.331 e. The van der Waals surface area contributed by atoms with Crippen molar-refractivity contribution >= 4 is 41.1 Å². The molecule has 0 saturated heterocycles. The number of carboxylic acids is 1. The van der Waals surface area contributed by atoms with Crippen LogP contribution in [0.1, 0.15) is 34.0 Å². The lowest BCUT2D eigenvalue weighted by Gasteiger charge is -2.14. The van der Waals surface area contributed by atoms with E-state index < -0.39 is 23.6 Å². The average molecular weight is 435 g/mol. The summed E-state index contributed by atoms with van der Waals surface area (Å²) in [6.45, 7) is 1.84. The van der Waals surface area contributed by atoms with E-state index in [0.717, 1.165) is 15.7 Å². The predicted molar refractivity (Wildman–Crippen MR) is 116 cm³/mol. The van der Waals surface area contributed by atoms with Crippen molar-refractivity contribution < 1.29 is 15.0 Å². The molecule has 0 radical (unpaired) electrons. The van der Waals surface area contributed by atoms with Crippen LogP contribution in [0.4, 0.5) is 5.69 Å². The fourth-order valence-corrected chi connectivity index (χ4v) is 3.64. The van der Waals surface area contributed by atoms with E-state index in [1.54, 1.807) is 18.3 Å². The summed E-state index contributed by atoms with van der Waals surface area (Å²) in [6, 6.07) is 9.74. The highest BCUT2D eigenvalue weighted by atomic mass is 35.5. The Morgan fingerprint density at radius 2 is 2.00 bits per heavy atom. The molecule has 0 amide bonds. The van der Waals surface area contributed by atoms with Gasteiger partial charge in [-0.15, -0.1) is 0 Å². The Hall–Kier alpha value is -4.09. The number of aromatic hydroxyl groups is 1. The zero-order valence-electron chi connectivity index (χ0n) is 16.1. The van der Waals surface area contributed by atoms with E-state index in [9.17, 15) is 19.8 Å². The second kappa shape index (κ2) is 7.63. The Labute approximate surface area is 181 Å². The average Bonchev–Trinajstić information content (AvgIpc) is 3.28. The number of H-pyrrole nitrogens is 1. The molecule has 3 aromatic rings. The van der Waals surface area contributed by atoms with Crippen molar-refractivity contribution in [2.45, 2.75) is 13.0 Å². The number of aromatic nitrogens is 2. The zero-order chi connectivity index (χ0) is 22.3. The van der Waals surface area contributed by atoms with Crippen LogP contribution in [0.15, 0.2) is 46.2 Å². The Balaban J connectivity index is 1.80. The van der Waals surface area contributed by atoms with Gasteiger partial charge in [0.1, 0.15) is 5.69 Å². The van der Waals surface area contributed by atoms with E-state index in [1.807, 2.05) is 13.0 Å². The van der Waals surface area contributed by atoms with Gasteiger partial charge in [0.25, 0.3) is 0 Å². The van der Waals surface area contributed by atoms with Gasteiger partial charge in [0.15, 0.2) is 6.04 Å². The molecule has 1 aliphatic rings. The fraction of sp³-hybridized carbons (Fsp3) is 0.0909. The minimum atomic E-state index is -1.48. The first-order valence-corrected chi connectivity index (χ1v) is 9.51. The number of carbonyl (C=O) groups is 1. The lowest BCUT2D eigenvalue weighted by atomic mass is 10.0. The topological polar surface area (TPSA) is 131 Å². The maximum atomic E-state index is 12.6. The molecule has 31 heavy (non-hydrogen) atoms. The van der Waals surface area contributed by atoms with Crippen LogP contribution in [-0.2, 0) is 4.79 Å². The molecule has 3 N–H and O–H groups in total. The molecular weight excluding hydrogens is 420 g/mol. The molecule has 0 spiro atoms. The van der Waals surface area contributed by atoms with Gasteiger partial charge in [0, 0.05) is 22.4 Å². The van der Waals surface area contributed by atoms with Crippen LogP contribution in [-0.4, -0.2) is 31.9 Å². The maximum absolute atomic E-state index is 12.6. The number of fused-ring (bicyclic) bond motifs is 1. The summed E-state index contributed by atoms with van der Waals surface area (Å²) in [4.78, 5) is 31.4. The summed E-state index contributed by atoms with van der Waals surface area (Å²) in [5.41, 5.74) is 2.75. The number of halogens is 1. The number of aliphatic carboxylic acids is 1. The molecule has 4 rings (SSSR count). The van der Waals surface area contributed by atoms with Gasteiger partial charge in [-0.2, -0.15) is 5.26 Å². The van der Waals surface area contributed by atoms with Crippen molar-refractivity contribution in [3.8, 4) is 11.9 Å². The SMILES string of the molecule is Cc1c(Cl)ccc2c1N=CC2=Cc1[nH]c(=O)n(C(C(=O)O)c2ccc(C#N)cc2)c1O. The van der Waals surface area contributed by atoms with Gasteiger partial charge in [0.05, 0.1) is 17.3 Å². The number of aromatic amines is 1. The van der Waals surface area contributed by atoms with Crippen molar-refractivity contribution in [2.75, 3.05) is 0 Å². The Morgan fingerprint density at radius 1 is 1.29 bits per heavy atom. The highest BCUT2D eigenvalue weighted by molar-refractivity contribution is 6.32. The number of nitriles is 1. The first kappa shape index (κ1) is 20.2. The van der Waals surface area contributed by atoms with Gasteiger partial charge in [0.2, 0.25) is 5.88 Å². The monoisotopic (exact) mass is 434 g/mol. The van der Waals surface area contributed by atoms with Crippen molar-refractivity contribution in [1.82, 2.24) is 9.55 Å². The molecule has 8 nitrogen and oxygen atoms in total. The smallest absolute Gasteiger partial charge is 0.331 e. The van der Waals surface area contributed by atoms with Gasteiger partial charge in [-0.3, -0.25) is 4.99 Å². The second-order valence-corrected chi connectivity index (χ2v) is 7.35. The number of hydrogen-bond donors (Lipinski definition) is 3. The largest absolute Gasteiger partial charge is 0.493 e. The molecule has 0 aliphatic carbocycles. The normalized spacial score (nSPS) is 14.4. The summed E-state index contributed by atoms with van der Waals surface area (Å²) in [5.74, 6) is -1.86. The minimum Gasteiger partial charge on any atom is -0.493 e. The summed E-state index contributed by atoms with van der Waals surface area (Å²) in [7, 11) is 0. The van der Waals surface area contributed by atoms with E-state index in [4.69, 9.17) is 16.9 Å². The molecule has 2 aromatic carbocycles. The molecule has 0 fully saturated rings. The third kappa shape index (κ3) is 3.41. The minimum absolute atomic E-state index is 0.0480. The van der Waals surface area contributed by atoms with Crippen LogP contribution >= 0.6 is 11.6 Å². The summed E-state index contributed by atoms with van der Waals surface area (Å²) >= 11 is 6.13. The number of rotatable bonds is 4. The fourth-order valence-electron chi connectivity index (χ4n) is 3.49. The number of carboxylic acid groups (broad SMARTS) is 1. The summed E-state index contributed by atoms with van der Waals surface area (Å²) < 4.78 is 0.760. The van der Waals surface area contributed by atoms with Crippen molar-refractivity contribution in [3.63, 3.8) is 0 Å². The highest BCUT2D eigenvalue weighted by Gasteiger charge is 2.28. The molecular formula is C22H15ClN4O4. The van der Waals surface area contributed by atoms with Crippen LogP contribution in [0.2, 0.25) is 5.02 Å². The molecule has 2 heterocycles. The number of nitrogens with zero attached hydrogens (tertiary/aromatic N) is 3. The van der Waals surface area contributed by atoms with Gasteiger partial charge >= 0.3 is 11.7 Å². The Bertz CT molecular complexity index is 1370. The Kier molecular flexibility index (Phi) is 4.97. The van der Waals surface area contributed by atoms with Crippen LogP contribution in [0, 0.1) is 18.3 Å². The third-order valence-electron chi connectivity index (χ3n) is 5.09. The number of nitrogens with one attached hydrogen (secondary N) is 1. The lowest BCUT2D eigenvalue weighted by molar-refractivity contribution is -0.139. The highest BCUT2D eigenvalue weighted by Crippen LogP contribution is 2.39. The number of benzene rings is 2. The van der Waals surface area contributed by atoms with Crippen LogP contribution in [0.25, 0.3) is 11.6 Å². The third-order valence-corrected chi connectivity index (χ3v) is 5.50. The van der Waals surface area contributed by atoms with Gasteiger partial charge in [-0.05, 0) is 42.3 Å². The van der Waals surface area contributed by atoms with E-state index in [1.165, 1.54) is 30.3 Å². The quantitative estimate of drug-likeness (QED) is 0.576. The van der Waals surface area contributed by atoms with Gasteiger partial charge < -0.3 is 15.2 Å². The first-order chi connectivity index (χ1) is 14.8. The number of aliphatic imine (C=N–C) groups is 1. The molecule has 0 bridgehead atoms. The molecule has 1 unspecified atom stereocenters. The second-order valence-electron chi connectivity index (χ2n) is 6.94. The standard InChI is InChI=1S/C22H15ClN4O4/c1-11-16(23)7-6-15-14(10-25-18(11)15)8-17-20(28)27(22(31)26-17)19(21(29)30)13-4-2-12(9-24)3-5-13/h2-8,10,19,28H,1H3,(H,26,31)(H,29,30). The van der Waals surface area contributed by atoms with Crippen LogP contribution in [0.3, 0.4) is 0 Å². The van der Waals surface area contributed by atoms with Gasteiger partial charge in [-0.1, -0.05) is 29.8 Å². The number of imidazole rings is 1. The van der Waals surface area contributed by atoms with Crippen molar-refractivity contribution in [3.05, 3.63) is 79.9 Å². The van der Waals surface area contributed by atoms with Crippen molar-refractivity contribution in [2.24, 2.45) is 4.99 Å². The van der Waals surface area contributed by atoms with Crippen LogP contribution < -0.4 is 5.69 Å². The molecule has 0 saturated carbocycles. The van der Waals surface area contributed by atoms with Gasteiger partial charge in [-0.25, -0.2) is 14.2 Å². The first-order valence-electron chi connectivity index (χ1n) is 9.13. The predicted octanol–water partition coefficient (Wildman–Crippen LogP) is 3.65.